The summed E-state index contributed by atoms with van der Waals surface area (Å²) in [5.41, 5.74) is 0. The molecule has 0 amide bonds. The minimum atomic E-state index is -4.40. The molecular weight excluding hydrogens is 894 g/mol. The number of quaternary nitrogens is 1. The molecule has 0 saturated carbocycles. The highest BCUT2D eigenvalue weighted by molar-refractivity contribution is 7.47. The third kappa shape index (κ3) is 54.8. The lowest BCUT2D eigenvalue weighted by molar-refractivity contribution is -0.870. The molecule has 0 heterocycles. The second-order valence-corrected chi connectivity index (χ2v) is 21.7. The lowest BCUT2D eigenvalue weighted by Gasteiger charge is -2.24. The molecular formula is C60H109NO8P+. The van der Waals surface area contributed by atoms with Crippen molar-refractivity contribution in [1.82, 2.24) is 0 Å². The molecule has 0 aromatic heterocycles. The second kappa shape index (κ2) is 51.4. The number of ether oxygens (including phenoxy) is 2. The van der Waals surface area contributed by atoms with E-state index in [1.165, 1.54) is 148 Å². The number of hydrogen-bond donors (Lipinski definition) is 1. The summed E-state index contributed by atoms with van der Waals surface area (Å²) in [6.07, 6.45) is 67.1. The molecule has 2 atom stereocenters. The number of phosphoric acid groups is 1. The van der Waals surface area contributed by atoms with Gasteiger partial charge in [0.15, 0.2) is 6.10 Å². The van der Waals surface area contributed by atoms with E-state index in [1.54, 1.807) is 0 Å². The first-order valence-corrected chi connectivity index (χ1v) is 30.2. The first-order valence-electron chi connectivity index (χ1n) is 28.7. The van der Waals surface area contributed by atoms with Crippen LogP contribution in [0.2, 0.25) is 0 Å². The first-order chi connectivity index (χ1) is 34.0. The monoisotopic (exact) mass is 1000 g/mol. The number of rotatable bonds is 52. The van der Waals surface area contributed by atoms with Crippen LogP contribution in [0.15, 0.2) is 72.9 Å². The number of likely N-dealkylation sites (N-methyl/N-ethyl adjacent to an activating group) is 1. The van der Waals surface area contributed by atoms with Crippen molar-refractivity contribution in [3.8, 4) is 0 Å². The average Bonchev–Trinajstić information content (AvgIpc) is 3.32. The highest BCUT2D eigenvalue weighted by atomic mass is 31.2. The van der Waals surface area contributed by atoms with Gasteiger partial charge in [-0.25, -0.2) is 4.57 Å². The molecule has 0 fully saturated rings. The van der Waals surface area contributed by atoms with Gasteiger partial charge in [-0.1, -0.05) is 222 Å². The summed E-state index contributed by atoms with van der Waals surface area (Å²) in [5.74, 6) is -0.843. The molecule has 0 spiro atoms. The van der Waals surface area contributed by atoms with Gasteiger partial charge in [-0.05, 0) is 83.5 Å². The summed E-state index contributed by atoms with van der Waals surface area (Å²) in [5, 5.41) is 0. The van der Waals surface area contributed by atoms with Crippen molar-refractivity contribution in [3.05, 3.63) is 72.9 Å². The van der Waals surface area contributed by atoms with Crippen LogP contribution in [-0.2, 0) is 32.7 Å². The van der Waals surface area contributed by atoms with E-state index < -0.39 is 26.5 Å². The fourth-order valence-corrected chi connectivity index (χ4v) is 8.54. The number of hydrogen-bond acceptors (Lipinski definition) is 7. The van der Waals surface area contributed by atoms with Crippen LogP contribution in [0.3, 0.4) is 0 Å². The summed E-state index contributed by atoms with van der Waals surface area (Å²) in [4.78, 5) is 35.6. The van der Waals surface area contributed by atoms with E-state index in [0.717, 1.165) is 64.2 Å². The van der Waals surface area contributed by atoms with Crippen LogP contribution in [0.1, 0.15) is 245 Å². The van der Waals surface area contributed by atoms with Crippen molar-refractivity contribution in [2.75, 3.05) is 47.5 Å². The van der Waals surface area contributed by atoms with E-state index in [4.69, 9.17) is 18.5 Å². The average molecular weight is 1000 g/mol. The number of unbranched alkanes of at least 4 members (excludes halogenated alkanes) is 26. The predicted molar refractivity (Wildman–Crippen MR) is 298 cm³/mol. The zero-order valence-electron chi connectivity index (χ0n) is 46.0. The predicted octanol–water partition coefficient (Wildman–Crippen LogP) is 17.7. The molecule has 0 saturated heterocycles. The van der Waals surface area contributed by atoms with Crippen molar-refractivity contribution in [3.63, 3.8) is 0 Å². The zero-order chi connectivity index (χ0) is 51.3. The molecule has 70 heavy (non-hydrogen) atoms. The topological polar surface area (TPSA) is 108 Å². The third-order valence-corrected chi connectivity index (χ3v) is 13.2. The van der Waals surface area contributed by atoms with E-state index >= 15 is 0 Å². The fourth-order valence-electron chi connectivity index (χ4n) is 7.80. The molecule has 9 nitrogen and oxygen atoms in total. The van der Waals surface area contributed by atoms with E-state index in [2.05, 4.69) is 86.8 Å². The van der Waals surface area contributed by atoms with Crippen LogP contribution in [0, 0.1) is 0 Å². The second-order valence-electron chi connectivity index (χ2n) is 20.3. The van der Waals surface area contributed by atoms with Crippen LogP contribution in [-0.4, -0.2) is 74.9 Å². The minimum Gasteiger partial charge on any atom is -0.462 e. The largest absolute Gasteiger partial charge is 0.472 e. The number of carbonyl (C=O) groups excluding carboxylic acids is 2. The van der Waals surface area contributed by atoms with E-state index in [0.29, 0.717) is 17.4 Å². The Hall–Kier alpha value is -2.55. The first kappa shape index (κ1) is 67.5. The number of phosphoric ester groups is 1. The Morgan fingerprint density at radius 3 is 1.24 bits per heavy atom. The molecule has 0 aromatic rings. The summed E-state index contributed by atoms with van der Waals surface area (Å²) in [7, 11) is 1.45. The van der Waals surface area contributed by atoms with E-state index in [9.17, 15) is 19.0 Å². The minimum absolute atomic E-state index is 0.0217. The highest BCUT2D eigenvalue weighted by Gasteiger charge is 2.27. The maximum Gasteiger partial charge on any atom is 0.472 e. The third-order valence-electron chi connectivity index (χ3n) is 12.2. The Morgan fingerprint density at radius 1 is 0.457 bits per heavy atom. The van der Waals surface area contributed by atoms with Gasteiger partial charge < -0.3 is 18.9 Å². The highest BCUT2D eigenvalue weighted by Crippen LogP contribution is 2.43. The summed E-state index contributed by atoms with van der Waals surface area (Å²) >= 11 is 0. The van der Waals surface area contributed by atoms with Gasteiger partial charge in [0.05, 0.1) is 27.7 Å². The van der Waals surface area contributed by atoms with Crippen molar-refractivity contribution >= 4 is 19.8 Å². The Morgan fingerprint density at radius 2 is 0.814 bits per heavy atom. The van der Waals surface area contributed by atoms with Crippen molar-refractivity contribution < 1.29 is 42.1 Å². The van der Waals surface area contributed by atoms with Crippen molar-refractivity contribution in [2.45, 2.75) is 251 Å². The van der Waals surface area contributed by atoms with Gasteiger partial charge in [-0.15, -0.1) is 0 Å². The smallest absolute Gasteiger partial charge is 0.462 e. The molecule has 0 aliphatic rings. The maximum atomic E-state index is 12.7. The van der Waals surface area contributed by atoms with Gasteiger partial charge in [0, 0.05) is 12.8 Å². The lowest BCUT2D eigenvalue weighted by atomic mass is 10.0. The molecule has 0 aliphatic carbocycles. The molecule has 0 rings (SSSR count). The molecule has 10 heteroatoms. The zero-order valence-corrected chi connectivity index (χ0v) is 46.9. The van der Waals surface area contributed by atoms with Crippen LogP contribution in [0.25, 0.3) is 0 Å². The summed E-state index contributed by atoms with van der Waals surface area (Å²) in [6.45, 7) is 4.27. The normalized spacial score (nSPS) is 13.9. The number of carbonyl (C=O) groups is 2. The van der Waals surface area contributed by atoms with E-state index in [-0.39, 0.29) is 32.0 Å². The Labute approximate surface area is 431 Å². The Kier molecular flexibility index (Phi) is 49.5. The van der Waals surface area contributed by atoms with Crippen LogP contribution in [0.4, 0.5) is 0 Å². The van der Waals surface area contributed by atoms with Gasteiger partial charge in [0.25, 0.3) is 0 Å². The van der Waals surface area contributed by atoms with Gasteiger partial charge in [-0.2, -0.15) is 0 Å². The number of nitrogens with zero attached hydrogens (tertiary/aromatic N) is 1. The number of esters is 2. The van der Waals surface area contributed by atoms with Gasteiger partial charge in [0.1, 0.15) is 19.8 Å². The SMILES string of the molecule is CC/C=C\C/C=C\C/C=C\C/C=C\CCCCC(=O)OC(COC(=O)CCCCCCCCCCCCCCCCCCCCC/C=C\C/C=C\CCCCCCC)COP(=O)(O)OCC[N+](C)(C)C. The molecule has 0 aromatic carbocycles. The molecule has 0 bridgehead atoms. The Balaban J connectivity index is 4.07. The lowest BCUT2D eigenvalue weighted by Crippen LogP contribution is -2.37. The molecule has 1 N–H and O–H groups in total. The Bertz CT molecular complexity index is 1410. The van der Waals surface area contributed by atoms with Crippen molar-refractivity contribution in [2.24, 2.45) is 0 Å². The molecule has 2 unspecified atom stereocenters. The summed E-state index contributed by atoms with van der Waals surface area (Å²) < 4.78 is 34.4. The quantitative estimate of drug-likeness (QED) is 0.0211. The van der Waals surface area contributed by atoms with Crippen LogP contribution >= 0.6 is 7.82 Å². The maximum absolute atomic E-state index is 12.7. The van der Waals surface area contributed by atoms with E-state index in [1.807, 2.05) is 21.1 Å². The number of allylic oxidation sites excluding steroid dienone is 12. The van der Waals surface area contributed by atoms with Crippen molar-refractivity contribution in [1.29, 1.82) is 0 Å². The molecule has 0 aliphatic heterocycles. The molecule has 406 valence electrons. The van der Waals surface area contributed by atoms with Gasteiger partial charge in [0.2, 0.25) is 0 Å². The summed E-state index contributed by atoms with van der Waals surface area (Å²) in [6, 6.07) is 0. The van der Waals surface area contributed by atoms with Gasteiger partial charge in [-0.3, -0.25) is 18.6 Å². The standard InChI is InChI=1S/C60H108NO8P/c1-6-8-10-12-14-16-18-20-22-23-24-25-26-27-28-29-30-31-32-33-34-35-36-37-39-40-42-44-46-48-50-52-59(62)66-56-58(57-68-70(64,65)67-55-54-61(3,4)5)69-60(63)53-51-49-47-45-43-41-38-21-19-17-15-13-11-9-7-2/h9,11,15,17-18,20-21,23-24,38,43,45,58H,6-8,10,12-14,16,19,22,25-37,39-42,44,46-57H2,1-5H3/p+1/b11-9-,17-15-,20-18-,24-23-,38-21-,45-43-. The van der Waals surface area contributed by atoms with Crippen LogP contribution < -0.4 is 0 Å². The molecule has 0 radical (unpaired) electrons. The van der Waals surface area contributed by atoms with Crippen LogP contribution in [0.5, 0.6) is 0 Å². The van der Waals surface area contributed by atoms with Gasteiger partial charge >= 0.3 is 19.8 Å². The fraction of sp³-hybridized carbons (Fsp3) is 0.767.